The van der Waals surface area contributed by atoms with Gasteiger partial charge in [0.15, 0.2) is 0 Å². The van der Waals surface area contributed by atoms with E-state index in [1.54, 1.807) is 0 Å². The number of aryl methyl sites for hydroxylation is 2. The molecular weight excluding hydrogens is 370 g/mol. The van der Waals surface area contributed by atoms with Crippen molar-refractivity contribution >= 4 is 27.5 Å². The van der Waals surface area contributed by atoms with E-state index in [1.807, 2.05) is 79.3 Å². The highest BCUT2D eigenvalue weighted by atomic mass is 32.1. The second-order valence-electron chi connectivity index (χ2n) is 6.60. The molecule has 2 heterocycles. The minimum Gasteiger partial charge on any atom is -0.489 e. The number of fused-ring (bicyclic) bond motifs is 1. The van der Waals surface area contributed by atoms with Crippen LogP contribution in [0.5, 0.6) is 5.75 Å². The van der Waals surface area contributed by atoms with Crippen LogP contribution in [0.4, 0.5) is 0 Å². The fourth-order valence-electron chi connectivity index (χ4n) is 3.11. The fourth-order valence-corrected chi connectivity index (χ4v) is 4.15. The Hall–Kier alpha value is -3.12. The summed E-state index contributed by atoms with van der Waals surface area (Å²) in [6.07, 6.45) is 0. The third-order valence-electron chi connectivity index (χ3n) is 4.57. The number of para-hydroxylation sites is 1. The Kier molecular flexibility index (Phi) is 5.12. The number of nitrogens with zero attached hydrogens (tertiary/aromatic N) is 2. The third kappa shape index (κ3) is 3.77. The number of hydrogen-bond acceptors (Lipinski definition) is 4. The van der Waals surface area contributed by atoms with Crippen molar-refractivity contribution in [3.8, 4) is 5.75 Å². The third-order valence-corrected chi connectivity index (χ3v) is 5.77. The summed E-state index contributed by atoms with van der Waals surface area (Å²) in [5.41, 5.74) is 2.99. The number of benzene rings is 2. The molecule has 0 saturated carbocycles. The first-order chi connectivity index (χ1) is 13.6. The predicted molar refractivity (Wildman–Crippen MR) is 112 cm³/mol. The number of thiophene rings is 1. The van der Waals surface area contributed by atoms with Crippen LogP contribution in [0.15, 0.2) is 60.7 Å². The van der Waals surface area contributed by atoms with Crippen LogP contribution in [-0.2, 0) is 20.2 Å². The van der Waals surface area contributed by atoms with E-state index < -0.39 is 0 Å². The highest BCUT2D eigenvalue weighted by Crippen LogP contribution is 2.27. The molecular formula is C22H21N3O2S. The first kappa shape index (κ1) is 18.3. The molecule has 6 heteroatoms. The average Bonchev–Trinajstić information content (AvgIpc) is 3.27. The lowest BCUT2D eigenvalue weighted by atomic mass is 10.2. The molecule has 2 aromatic heterocycles. The summed E-state index contributed by atoms with van der Waals surface area (Å²) >= 11 is 1.46. The van der Waals surface area contributed by atoms with Gasteiger partial charge in [-0.15, -0.1) is 11.3 Å². The molecule has 0 aliphatic carbocycles. The topological polar surface area (TPSA) is 56.2 Å². The summed E-state index contributed by atoms with van der Waals surface area (Å²) in [6.45, 7) is 2.86. The molecule has 1 N–H and O–H groups in total. The summed E-state index contributed by atoms with van der Waals surface area (Å²) in [5.74, 6) is 0.696. The van der Waals surface area contributed by atoms with Crippen LogP contribution in [0.1, 0.15) is 26.5 Å². The Morgan fingerprint density at radius 2 is 1.89 bits per heavy atom. The van der Waals surface area contributed by atoms with E-state index in [0.717, 1.165) is 32.8 Å². The second kappa shape index (κ2) is 7.86. The van der Waals surface area contributed by atoms with Crippen LogP contribution >= 0.6 is 11.3 Å². The van der Waals surface area contributed by atoms with Crippen LogP contribution in [0.25, 0.3) is 10.2 Å². The number of rotatable bonds is 6. The van der Waals surface area contributed by atoms with E-state index >= 15 is 0 Å². The Bertz CT molecular complexity index is 1080. The molecule has 0 saturated heterocycles. The molecule has 4 aromatic rings. The van der Waals surface area contributed by atoms with Crippen LogP contribution in [0.3, 0.4) is 0 Å². The molecule has 4 rings (SSSR count). The molecule has 0 aliphatic rings. The van der Waals surface area contributed by atoms with E-state index in [-0.39, 0.29) is 5.91 Å². The van der Waals surface area contributed by atoms with Crippen molar-refractivity contribution in [3.05, 3.63) is 82.4 Å². The zero-order chi connectivity index (χ0) is 19.5. The van der Waals surface area contributed by atoms with Gasteiger partial charge in [-0.05, 0) is 24.6 Å². The minimum atomic E-state index is -0.0848. The molecule has 5 nitrogen and oxygen atoms in total. The maximum absolute atomic E-state index is 12.6. The van der Waals surface area contributed by atoms with E-state index in [0.29, 0.717) is 18.0 Å². The molecule has 0 unspecified atom stereocenters. The van der Waals surface area contributed by atoms with Gasteiger partial charge in [0.05, 0.1) is 10.6 Å². The van der Waals surface area contributed by atoms with Gasteiger partial charge in [0, 0.05) is 24.5 Å². The quantitative estimate of drug-likeness (QED) is 0.528. The number of amides is 1. The Labute approximate surface area is 167 Å². The number of carbonyl (C=O) groups is 1. The number of hydrogen-bond donors (Lipinski definition) is 1. The number of carbonyl (C=O) groups excluding carboxylic acids is 1. The number of aromatic nitrogens is 2. The van der Waals surface area contributed by atoms with Crippen molar-refractivity contribution in [1.82, 2.24) is 15.1 Å². The van der Waals surface area contributed by atoms with Crippen LogP contribution < -0.4 is 10.1 Å². The average molecular weight is 391 g/mol. The summed E-state index contributed by atoms with van der Waals surface area (Å²) < 4.78 is 7.79. The van der Waals surface area contributed by atoms with Gasteiger partial charge in [-0.3, -0.25) is 9.48 Å². The lowest BCUT2D eigenvalue weighted by Gasteiger charge is -2.12. The molecule has 142 valence electrons. The summed E-state index contributed by atoms with van der Waals surface area (Å²) in [7, 11) is 1.90. The lowest BCUT2D eigenvalue weighted by molar-refractivity contribution is 0.0954. The van der Waals surface area contributed by atoms with Crippen LogP contribution in [-0.4, -0.2) is 15.7 Å². The van der Waals surface area contributed by atoms with E-state index in [2.05, 4.69) is 10.4 Å². The number of ether oxygens (including phenoxy) is 1. The Balaban J connectivity index is 1.44. The van der Waals surface area contributed by atoms with E-state index in [9.17, 15) is 4.79 Å². The molecule has 28 heavy (non-hydrogen) atoms. The normalized spacial score (nSPS) is 10.9. The van der Waals surface area contributed by atoms with Crippen LogP contribution in [0, 0.1) is 6.92 Å². The Morgan fingerprint density at radius 3 is 2.68 bits per heavy atom. The van der Waals surface area contributed by atoms with Gasteiger partial charge in [-0.1, -0.05) is 48.5 Å². The van der Waals surface area contributed by atoms with Crippen molar-refractivity contribution < 1.29 is 9.53 Å². The van der Waals surface area contributed by atoms with Gasteiger partial charge in [-0.2, -0.15) is 5.10 Å². The fraction of sp³-hybridized carbons (Fsp3) is 0.182. The molecule has 0 atom stereocenters. The number of nitrogens with one attached hydrogen (secondary N) is 1. The van der Waals surface area contributed by atoms with Gasteiger partial charge in [0.25, 0.3) is 5.91 Å². The molecule has 2 aromatic carbocycles. The zero-order valence-corrected chi connectivity index (χ0v) is 16.6. The van der Waals surface area contributed by atoms with Gasteiger partial charge in [0.1, 0.15) is 17.2 Å². The van der Waals surface area contributed by atoms with Crippen molar-refractivity contribution in [2.75, 3.05) is 0 Å². The Morgan fingerprint density at radius 1 is 1.14 bits per heavy atom. The molecule has 0 spiro atoms. The molecule has 0 radical (unpaired) electrons. The van der Waals surface area contributed by atoms with Crippen molar-refractivity contribution in [2.45, 2.75) is 20.1 Å². The lowest BCUT2D eigenvalue weighted by Crippen LogP contribution is -2.22. The summed E-state index contributed by atoms with van der Waals surface area (Å²) in [5, 5.41) is 8.42. The van der Waals surface area contributed by atoms with Gasteiger partial charge >= 0.3 is 0 Å². The van der Waals surface area contributed by atoms with E-state index in [4.69, 9.17) is 4.74 Å². The molecule has 0 fully saturated rings. The monoisotopic (exact) mass is 391 g/mol. The minimum absolute atomic E-state index is 0.0848. The zero-order valence-electron chi connectivity index (χ0n) is 15.8. The van der Waals surface area contributed by atoms with Gasteiger partial charge in [-0.25, -0.2) is 0 Å². The maximum atomic E-state index is 12.6. The summed E-state index contributed by atoms with van der Waals surface area (Å²) in [6, 6.07) is 19.7. The first-order valence-electron chi connectivity index (χ1n) is 9.08. The summed E-state index contributed by atoms with van der Waals surface area (Å²) in [4.78, 5) is 14.3. The van der Waals surface area contributed by atoms with Crippen molar-refractivity contribution in [1.29, 1.82) is 0 Å². The molecule has 0 aliphatic heterocycles. The molecule has 1 amide bonds. The van der Waals surface area contributed by atoms with Gasteiger partial charge in [0.2, 0.25) is 0 Å². The highest BCUT2D eigenvalue weighted by Gasteiger charge is 2.15. The largest absolute Gasteiger partial charge is 0.489 e. The highest BCUT2D eigenvalue weighted by molar-refractivity contribution is 7.20. The van der Waals surface area contributed by atoms with E-state index in [1.165, 1.54) is 11.3 Å². The standard InChI is InChI=1S/C22H21N3O2S/c1-15-18-12-20(28-22(18)25(2)24-15)21(26)23-13-17-10-6-7-11-19(17)27-14-16-8-4-3-5-9-16/h3-12H,13-14H2,1-2H3,(H,23,26). The van der Waals surface area contributed by atoms with Gasteiger partial charge < -0.3 is 10.1 Å². The SMILES string of the molecule is Cc1nn(C)c2sc(C(=O)NCc3ccccc3OCc3ccccc3)cc12. The predicted octanol–water partition coefficient (Wildman–Crippen LogP) is 4.45. The van der Waals surface area contributed by atoms with Crippen molar-refractivity contribution in [2.24, 2.45) is 7.05 Å². The first-order valence-corrected chi connectivity index (χ1v) is 9.89. The maximum Gasteiger partial charge on any atom is 0.261 e. The van der Waals surface area contributed by atoms with Crippen molar-refractivity contribution in [3.63, 3.8) is 0 Å². The molecule has 0 bridgehead atoms. The second-order valence-corrected chi connectivity index (χ2v) is 7.63. The smallest absolute Gasteiger partial charge is 0.261 e. The van der Waals surface area contributed by atoms with Crippen LogP contribution in [0.2, 0.25) is 0 Å².